The lowest BCUT2D eigenvalue weighted by molar-refractivity contribution is 0.105. The summed E-state index contributed by atoms with van der Waals surface area (Å²) in [7, 11) is 0. The number of aromatic amines is 3. The molecule has 3 aromatic carbocycles. The number of aromatic nitrogens is 4. The third kappa shape index (κ3) is 8.92. The van der Waals surface area contributed by atoms with Gasteiger partial charge in [-0.15, -0.1) is 0 Å². The molecule has 3 atom stereocenters. The summed E-state index contributed by atoms with van der Waals surface area (Å²) in [6, 6.07) is 6.32. The number of benzene rings is 3. The van der Waals surface area contributed by atoms with Crippen molar-refractivity contribution in [2.45, 2.75) is 44.5 Å². The van der Waals surface area contributed by atoms with E-state index in [1.165, 1.54) is 12.1 Å². The maximum atomic E-state index is 16.6. The normalized spacial score (nSPS) is 13.4. The van der Waals surface area contributed by atoms with Crippen LogP contribution >= 0.6 is 0 Å². The smallest absolute Gasteiger partial charge is 0.185 e. The summed E-state index contributed by atoms with van der Waals surface area (Å²) in [6.45, 7) is -1.88. The Morgan fingerprint density at radius 3 is 1.17 bits per heavy atom. The zero-order valence-electron chi connectivity index (χ0n) is 36.5. The number of halogens is 12. The Morgan fingerprint density at radius 1 is 0.437 bits per heavy atom. The molecule has 10 N–H and O–H groups in total. The van der Waals surface area contributed by atoms with E-state index in [2.05, 4.69) is 19.9 Å². The van der Waals surface area contributed by atoms with Gasteiger partial charge in [0.05, 0.1) is 65.1 Å². The molecular formula is C48H38F12N6O5. The molecule has 0 amide bonds. The monoisotopic (exact) mass is 1010 g/mol. The third-order valence-corrected chi connectivity index (χ3v) is 11.9. The van der Waals surface area contributed by atoms with Gasteiger partial charge in [-0.25, -0.2) is 57.7 Å². The summed E-state index contributed by atoms with van der Waals surface area (Å²) in [5, 5.41) is 51.8. The van der Waals surface area contributed by atoms with Crippen LogP contribution in [-0.2, 0) is 6.42 Å². The molecule has 0 saturated heterocycles. The van der Waals surface area contributed by atoms with E-state index in [0.717, 1.165) is 36.4 Å². The van der Waals surface area contributed by atoms with Crippen molar-refractivity contribution in [1.29, 1.82) is 0 Å². The highest BCUT2D eigenvalue weighted by molar-refractivity contribution is 6.01. The Labute approximate surface area is 392 Å². The van der Waals surface area contributed by atoms with Crippen LogP contribution in [0.2, 0.25) is 0 Å². The van der Waals surface area contributed by atoms with Crippen LogP contribution in [-0.4, -0.2) is 90.1 Å². The fourth-order valence-electron chi connectivity index (χ4n) is 8.16. The lowest BCUT2D eigenvalue weighted by atomic mass is 9.97. The number of H-pyrrole nitrogens is 3. The van der Waals surface area contributed by atoms with Crippen LogP contribution in [0.5, 0.6) is 0 Å². The van der Waals surface area contributed by atoms with Gasteiger partial charge >= 0.3 is 0 Å². The topological polar surface area (TPSA) is 185 Å². The minimum absolute atomic E-state index is 0.0493. The van der Waals surface area contributed by atoms with E-state index in [1.54, 1.807) is 6.92 Å². The Kier molecular flexibility index (Phi) is 14.2. The van der Waals surface area contributed by atoms with Crippen LogP contribution in [0.25, 0.3) is 78.6 Å². The van der Waals surface area contributed by atoms with E-state index >= 15 is 52.7 Å². The van der Waals surface area contributed by atoms with Gasteiger partial charge in [0.15, 0.2) is 69.8 Å². The second kappa shape index (κ2) is 20.0. The van der Waals surface area contributed by atoms with Crippen molar-refractivity contribution in [2.24, 2.45) is 0 Å². The summed E-state index contributed by atoms with van der Waals surface area (Å²) < 4.78 is 194. The van der Waals surface area contributed by atoms with Gasteiger partial charge in [-0.3, -0.25) is 0 Å². The van der Waals surface area contributed by atoms with Crippen molar-refractivity contribution in [2.75, 3.05) is 36.9 Å². The zero-order chi connectivity index (χ0) is 51.3. The first-order valence-electron chi connectivity index (χ1n) is 21.5. The highest BCUT2D eigenvalue weighted by atomic mass is 19.2. The average molecular weight is 1010 g/mol. The zero-order valence-corrected chi connectivity index (χ0v) is 36.5. The first kappa shape index (κ1) is 50.3. The lowest BCUT2D eigenvalue weighted by Gasteiger charge is -2.16. The summed E-state index contributed by atoms with van der Waals surface area (Å²) in [5.41, 5.74) is -13.6. The Balaban J connectivity index is 1.52. The number of hydrogen-bond donors (Lipinski definition) is 10. The molecule has 1 aliphatic rings. The van der Waals surface area contributed by atoms with Crippen molar-refractivity contribution < 1.29 is 78.2 Å². The fourth-order valence-corrected chi connectivity index (χ4v) is 8.16. The molecule has 23 heteroatoms. The number of anilines is 2. The Hall–Kier alpha value is -7.05. The van der Waals surface area contributed by atoms with Crippen molar-refractivity contribution in [3.63, 3.8) is 0 Å². The molecule has 0 unspecified atom stereocenters. The van der Waals surface area contributed by atoms with E-state index in [9.17, 15) is 20.4 Å². The van der Waals surface area contributed by atoms with Crippen molar-refractivity contribution >= 4 is 56.6 Å². The number of nitrogens with one attached hydrogen (secondary N) is 5. The Bertz CT molecular complexity index is 3320. The minimum atomic E-state index is -2.13. The van der Waals surface area contributed by atoms with Crippen LogP contribution in [0.15, 0.2) is 36.4 Å². The van der Waals surface area contributed by atoms with Gasteiger partial charge in [0.2, 0.25) is 0 Å². The van der Waals surface area contributed by atoms with Gasteiger partial charge in [0.1, 0.15) is 11.4 Å². The number of hydrogen-bond acceptors (Lipinski definition) is 8. The van der Waals surface area contributed by atoms with Gasteiger partial charge in [-0.1, -0.05) is 6.92 Å². The molecule has 1 aliphatic heterocycles. The van der Waals surface area contributed by atoms with Crippen molar-refractivity contribution in [1.82, 2.24) is 19.9 Å². The average Bonchev–Trinajstić information content (AvgIpc) is 4.22. The number of nitrogens with zero attached hydrogens (tertiary/aromatic N) is 1. The van der Waals surface area contributed by atoms with E-state index < -0.39 is 199 Å². The van der Waals surface area contributed by atoms with E-state index in [4.69, 9.17) is 5.11 Å². The molecule has 7 aromatic rings. The van der Waals surface area contributed by atoms with Gasteiger partial charge < -0.3 is 51.1 Å². The maximum Gasteiger partial charge on any atom is 0.185 e. The van der Waals surface area contributed by atoms with Gasteiger partial charge in [0, 0.05) is 62.9 Å². The van der Waals surface area contributed by atoms with Crippen LogP contribution < -0.4 is 10.6 Å². The first-order chi connectivity index (χ1) is 33.8. The molecule has 8 bridgehead atoms. The minimum Gasteiger partial charge on any atom is -0.394 e. The third-order valence-electron chi connectivity index (χ3n) is 11.9. The van der Waals surface area contributed by atoms with Crippen LogP contribution in [0.1, 0.15) is 36.7 Å². The van der Waals surface area contributed by atoms with Crippen LogP contribution in [0.4, 0.5) is 64.1 Å². The first-order valence-corrected chi connectivity index (χ1v) is 21.5. The second-order valence-corrected chi connectivity index (χ2v) is 16.4. The summed E-state index contributed by atoms with van der Waals surface area (Å²) in [6.07, 6.45) is -2.85. The predicted octanol–water partition coefficient (Wildman–Crippen LogP) is 9.60. The highest BCUT2D eigenvalue weighted by Gasteiger charge is 2.33. The van der Waals surface area contributed by atoms with E-state index in [0.29, 0.717) is 0 Å². The molecule has 4 aromatic heterocycles. The van der Waals surface area contributed by atoms with E-state index in [1.807, 2.05) is 10.6 Å². The fraction of sp³-hybridized carbons (Fsp3) is 0.229. The standard InChI is InChI=1S/C48H38F12N6O5/c1-2-17(69)3-4-20-35(49)37(51)32(38(52)36(20)50)29-23-7-5-21(63-23)22-6-8-24(64-22)30(33-39(53)43(57)47(44(58)40(33)54)61-13-18(70)15-67)26-10-12-28(66-26)31(27-11-9-25(29)65-27)34-41(55)45(59)48(46(60)42(34)56)62-14-19(71)16-68/h5-12,17-19,61-63,65-71H,2-4,13-16H2,1H3/t17-,18+,19+/m0/s1. The molecule has 374 valence electrons. The molecule has 5 heterocycles. The molecule has 0 fully saturated rings. The van der Waals surface area contributed by atoms with Gasteiger partial charge in [-0.2, -0.15) is 0 Å². The summed E-state index contributed by atoms with van der Waals surface area (Å²) >= 11 is 0. The summed E-state index contributed by atoms with van der Waals surface area (Å²) in [4.78, 5) is 12.4. The molecule has 11 nitrogen and oxygen atoms in total. The number of aliphatic hydroxyl groups is 5. The molecule has 0 saturated carbocycles. The maximum absolute atomic E-state index is 16.6. The van der Waals surface area contributed by atoms with Gasteiger partial charge in [-0.05, 0) is 67.8 Å². The number of fused-ring (bicyclic) bond motifs is 9. The molecular weight excluding hydrogens is 969 g/mol. The summed E-state index contributed by atoms with van der Waals surface area (Å²) in [5.74, 6) is -24.1. The van der Waals surface area contributed by atoms with Crippen LogP contribution in [0.3, 0.4) is 0 Å². The van der Waals surface area contributed by atoms with Gasteiger partial charge in [0.25, 0.3) is 0 Å². The van der Waals surface area contributed by atoms with E-state index in [-0.39, 0.29) is 29.6 Å². The van der Waals surface area contributed by atoms with Crippen molar-refractivity contribution in [3.05, 3.63) is 123 Å². The van der Waals surface area contributed by atoms with Crippen molar-refractivity contribution in [3.8, 4) is 33.4 Å². The number of rotatable bonds is 15. The quantitative estimate of drug-likeness (QED) is 0.0356. The largest absolute Gasteiger partial charge is 0.394 e. The predicted molar refractivity (Wildman–Crippen MR) is 239 cm³/mol. The molecule has 0 radical (unpaired) electrons. The Morgan fingerprint density at radius 2 is 0.775 bits per heavy atom. The molecule has 0 aliphatic carbocycles. The molecule has 0 spiro atoms. The second-order valence-electron chi connectivity index (χ2n) is 16.4. The van der Waals surface area contributed by atoms with Crippen LogP contribution in [0, 0.1) is 69.8 Å². The highest BCUT2D eigenvalue weighted by Crippen LogP contribution is 2.43. The molecule has 71 heavy (non-hydrogen) atoms. The number of aliphatic hydroxyl groups excluding tert-OH is 5. The molecule has 8 rings (SSSR count). The lowest BCUT2D eigenvalue weighted by Crippen LogP contribution is -2.24. The SMILES string of the molecule is CC[C@H](O)CCc1c(F)c(F)c(-c2c3ccc([nH]3)c3nc(c(-c4c(F)c(F)c(NC[C@@H](O)CO)c(F)c4F)c4ccc([nH]4)c(-c4c(F)c(F)c(NC[C@@H](O)CO)c(F)c4F)c4ccc2[nH]4)C=C3)c(F)c1F.